The molecule has 0 unspecified atom stereocenters. The van der Waals surface area contributed by atoms with Gasteiger partial charge in [0.2, 0.25) is 5.78 Å². The summed E-state index contributed by atoms with van der Waals surface area (Å²) in [5, 5.41) is 1.80. The van der Waals surface area contributed by atoms with E-state index in [2.05, 4.69) is 57.5 Å². The Morgan fingerprint density at radius 3 is 2.74 bits per heavy atom. The Labute approximate surface area is 182 Å². The lowest BCUT2D eigenvalue weighted by Gasteiger charge is -2.06. The molecule has 0 bridgehead atoms. The number of fused-ring (bicyclic) bond motifs is 8. The molecule has 0 fully saturated rings. The molecular formula is C26H16ClN3O. The number of para-hydroxylation sites is 3. The van der Waals surface area contributed by atoms with Crippen molar-refractivity contribution in [2.45, 2.75) is 6.42 Å². The van der Waals surface area contributed by atoms with Crippen molar-refractivity contribution in [3.05, 3.63) is 89.2 Å². The highest BCUT2D eigenvalue weighted by Crippen LogP contribution is 2.36. The summed E-state index contributed by atoms with van der Waals surface area (Å²) >= 11 is 6.69. The maximum absolute atomic E-state index is 6.69. The summed E-state index contributed by atoms with van der Waals surface area (Å²) in [6.45, 7) is 0. The van der Waals surface area contributed by atoms with Gasteiger partial charge in [-0.05, 0) is 55.0 Å². The quantitative estimate of drug-likeness (QED) is 0.280. The van der Waals surface area contributed by atoms with Crippen molar-refractivity contribution in [2.75, 3.05) is 0 Å². The van der Waals surface area contributed by atoms with Crippen LogP contribution in [-0.4, -0.2) is 14.0 Å². The number of aromatic nitrogens is 3. The number of allylic oxidation sites excluding steroid dienone is 2. The number of hydrogen-bond acceptors (Lipinski definition) is 2. The Morgan fingerprint density at radius 2 is 1.77 bits per heavy atom. The zero-order valence-corrected chi connectivity index (χ0v) is 17.2. The Kier molecular flexibility index (Phi) is 3.35. The van der Waals surface area contributed by atoms with E-state index in [1.165, 1.54) is 0 Å². The highest BCUT2D eigenvalue weighted by molar-refractivity contribution is 6.35. The fourth-order valence-corrected chi connectivity index (χ4v) is 4.90. The number of rotatable bonds is 1. The van der Waals surface area contributed by atoms with Gasteiger partial charge in [0.1, 0.15) is 11.3 Å². The number of halogens is 1. The van der Waals surface area contributed by atoms with Crippen molar-refractivity contribution in [2.24, 2.45) is 0 Å². The first kappa shape index (κ1) is 17.0. The number of benzene rings is 3. The predicted molar refractivity (Wildman–Crippen MR) is 127 cm³/mol. The van der Waals surface area contributed by atoms with Crippen molar-refractivity contribution in [3.8, 4) is 5.69 Å². The fraction of sp³-hybridized carbons (Fsp3) is 0.0385. The topological polar surface area (TPSA) is 35.4 Å². The Balaban J connectivity index is 1.62. The maximum atomic E-state index is 6.69. The zero-order valence-electron chi connectivity index (χ0n) is 16.4. The second-order valence-corrected chi connectivity index (χ2v) is 8.19. The van der Waals surface area contributed by atoms with Gasteiger partial charge in [0.15, 0.2) is 0 Å². The average molecular weight is 422 g/mol. The molecule has 0 saturated carbocycles. The summed E-state index contributed by atoms with van der Waals surface area (Å²) in [5.74, 6) is 1.74. The van der Waals surface area contributed by atoms with Crippen LogP contribution < -0.4 is 0 Å². The van der Waals surface area contributed by atoms with Gasteiger partial charge in [0, 0.05) is 10.9 Å². The van der Waals surface area contributed by atoms with E-state index in [9.17, 15) is 0 Å². The molecule has 0 atom stereocenters. The van der Waals surface area contributed by atoms with Crippen molar-refractivity contribution in [1.29, 1.82) is 0 Å². The third-order valence-electron chi connectivity index (χ3n) is 6.00. The van der Waals surface area contributed by atoms with Gasteiger partial charge >= 0.3 is 0 Å². The van der Waals surface area contributed by atoms with Crippen molar-refractivity contribution in [1.82, 2.24) is 14.0 Å². The molecule has 1 aliphatic carbocycles. The summed E-state index contributed by atoms with van der Waals surface area (Å²) < 4.78 is 10.4. The van der Waals surface area contributed by atoms with Crippen molar-refractivity contribution >= 4 is 62.6 Å². The molecule has 148 valence electrons. The molecule has 7 rings (SSSR count). The molecule has 0 radical (unpaired) electrons. The van der Waals surface area contributed by atoms with Gasteiger partial charge in [0.25, 0.3) is 0 Å². The van der Waals surface area contributed by atoms with E-state index in [0.29, 0.717) is 5.02 Å². The normalized spacial score (nSPS) is 13.6. The highest BCUT2D eigenvalue weighted by Gasteiger charge is 2.20. The fourth-order valence-electron chi connectivity index (χ4n) is 4.65. The lowest BCUT2D eigenvalue weighted by molar-refractivity contribution is 0.603. The number of imidazole rings is 2. The molecule has 0 aliphatic heterocycles. The van der Waals surface area contributed by atoms with Crippen LogP contribution in [0.1, 0.15) is 17.7 Å². The van der Waals surface area contributed by atoms with Crippen LogP contribution >= 0.6 is 11.6 Å². The Hall–Kier alpha value is -3.76. The third-order valence-corrected chi connectivity index (χ3v) is 6.30. The standard InChI is InChI=1S/C26H16ClN3O/c27-19-8-6-11-22-25(19)30-21-10-5-4-9-20(21)28-26(30)29(22)16-13-14-24-18(15-16)17-7-2-1-3-12-23(17)31-24/h2-15H,1H2. The van der Waals surface area contributed by atoms with Crippen molar-refractivity contribution < 1.29 is 4.42 Å². The Morgan fingerprint density at radius 1 is 0.903 bits per heavy atom. The molecular weight excluding hydrogens is 406 g/mol. The van der Waals surface area contributed by atoms with Crippen LogP contribution in [-0.2, 0) is 0 Å². The minimum absolute atomic E-state index is 0.704. The minimum Gasteiger partial charge on any atom is -0.456 e. The molecule has 6 aromatic rings. The van der Waals surface area contributed by atoms with Crippen LogP contribution in [0.5, 0.6) is 0 Å². The van der Waals surface area contributed by atoms with Crippen molar-refractivity contribution in [3.63, 3.8) is 0 Å². The molecule has 31 heavy (non-hydrogen) atoms. The summed E-state index contributed by atoms with van der Waals surface area (Å²) in [5.41, 5.74) is 6.98. The second kappa shape index (κ2) is 6.13. The molecule has 0 N–H and O–H groups in total. The van der Waals surface area contributed by atoms with Gasteiger partial charge in [-0.3, -0.25) is 8.97 Å². The molecule has 0 spiro atoms. The lowest BCUT2D eigenvalue weighted by atomic mass is 10.1. The molecule has 0 saturated heterocycles. The van der Waals surface area contributed by atoms with Crippen LogP contribution in [0.25, 0.3) is 56.7 Å². The first-order valence-corrected chi connectivity index (χ1v) is 10.6. The minimum atomic E-state index is 0.704. The van der Waals surface area contributed by atoms with E-state index in [0.717, 1.165) is 62.2 Å². The predicted octanol–water partition coefficient (Wildman–Crippen LogP) is 7.26. The SMILES string of the molecule is Clc1cccc2c1n1c3ccccc3nc1n2-c1ccc2oc3c(c2c1)C=CCC=C3. The van der Waals surface area contributed by atoms with Crippen LogP contribution in [0.3, 0.4) is 0 Å². The van der Waals surface area contributed by atoms with Gasteiger partial charge in [0.05, 0.1) is 32.8 Å². The summed E-state index contributed by atoms with van der Waals surface area (Å²) in [4.78, 5) is 4.96. The van der Waals surface area contributed by atoms with Crippen LogP contribution in [0.4, 0.5) is 0 Å². The lowest BCUT2D eigenvalue weighted by Crippen LogP contribution is -1.95. The molecule has 1 aliphatic rings. The monoisotopic (exact) mass is 421 g/mol. The highest BCUT2D eigenvalue weighted by atomic mass is 35.5. The second-order valence-electron chi connectivity index (χ2n) is 7.78. The molecule has 4 nitrogen and oxygen atoms in total. The number of furan rings is 1. The Bertz CT molecular complexity index is 1730. The molecule has 0 amide bonds. The number of nitrogens with zero attached hydrogens (tertiary/aromatic N) is 3. The van der Waals surface area contributed by atoms with E-state index >= 15 is 0 Å². The van der Waals surface area contributed by atoms with Gasteiger partial charge in [-0.15, -0.1) is 0 Å². The van der Waals surface area contributed by atoms with E-state index in [4.69, 9.17) is 21.0 Å². The van der Waals surface area contributed by atoms with Crippen LogP contribution in [0, 0.1) is 0 Å². The molecule has 3 aromatic carbocycles. The summed E-state index contributed by atoms with van der Waals surface area (Å²) in [6.07, 6.45) is 9.39. The largest absolute Gasteiger partial charge is 0.456 e. The van der Waals surface area contributed by atoms with E-state index in [1.54, 1.807) is 0 Å². The van der Waals surface area contributed by atoms with Gasteiger partial charge in [-0.2, -0.15) is 0 Å². The summed E-state index contributed by atoms with van der Waals surface area (Å²) in [6, 6.07) is 20.5. The van der Waals surface area contributed by atoms with Gasteiger partial charge < -0.3 is 4.42 Å². The first-order valence-electron chi connectivity index (χ1n) is 10.3. The maximum Gasteiger partial charge on any atom is 0.220 e. The van der Waals surface area contributed by atoms with Gasteiger partial charge in [-0.25, -0.2) is 4.98 Å². The van der Waals surface area contributed by atoms with Gasteiger partial charge in [-0.1, -0.05) is 48.0 Å². The smallest absolute Gasteiger partial charge is 0.220 e. The zero-order chi connectivity index (χ0) is 20.5. The molecule has 5 heteroatoms. The van der Waals surface area contributed by atoms with E-state index in [-0.39, 0.29) is 0 Å². The first-order chi connectivity index (χ1) is 15.3. The molecule has 3 aromatic heterocycles. The van der Waals surface area contributed by atoms with Crippen LogP contribution in [0.2, 0.25) is 5.02 Å². The van der Waals surface area contributed by atoms with E-state index in [1.807, 2.05) is 36.4 Å². The average Bonchev–Trinajstić information content (AvgIpc) is 3.36. The summed E-state index contributed by atoms with van der Waals surface area (Å²) in [7, 11) is 0. The third kappa shape index (κ3) is 2.28. The number of hydrogen-bond donors (Lipinski definition) is 0. The van der Waals surface area contributed by atoms with Crippen LogP contribution in [0.15, 0.2) is 77.2 Å². The van der Waals surface area contributed by atoms with E-state index < -0.39 is 0 Å². The molecule has 3 heterocycles.